The second kappa shape index (κ2) is 9.45. The molecule has 0 radical (unpaired) electrons. The molecule has 0 aliphatic carbocycles. The van der Waals surface area contributed by atoms with Crippen LogP contribution in [0.25, 0.3) is 0 Å². The van der Waals surface area contributed by atoms with Crippen LogP contribution in [0.15, 0.2) is 76.6 Å². The first-order valence-corrected chi connectivity index (χ1v) is 10.7. The van der Waals surface area contributed by atoms with Crippen molar-refractivity contribution in [3.63, 3.8) is 0 Å². The fourth-order valence-electron chi connectivity index (χ4n) is 3.64. The Morgan fingerprint density at radius 2 is 2.03 bits per heavy atom. The summed E-state index contributed by atoms with van der Waals surface area (Å²) in [6, 6.07) is 16.5. The van der Waals surface area contributed by atoms with E-state index in [1.54, 1.807) is 17.5 Å². The molecule has 2 unspecified atom stereocenters. The summed E-state index contributed by atoms with van der Waals surface area (Å²) < 4.78 is 5.64. The van der Waals surface area contributed by atoms with Gasteiger partial charge in [-0.25, -0.2) is 5.01 Å². The molecule has 31 heavy (non-hydrogen) atoms. The van der Waals surface area contributed by atoms with E-state index in [0.29, 0.717) is 11.4 Å². The third kappa shape index (κ3) is 4.86. The number of furan rings is 1. The molecule has 4 rings (SSSR count). The molecule has 0 N–H and O–H groups in total. The maximum atomic E-state index is 13.4. The molecule has 0 fully saturated rings. The topological polar surface area (TPSA) is 61.9 Å². The number of likely N-dealkylation sites (N-methyl/N-ethyl adjacent to an activating group) is 1. The minimum absolute atomic E-state index is 0.0612. The van der Waals surface area contributed by atoms with Gasteiger partial charge in [0.1, 0.15) is 11.8 Å². The first-order chi connectivity index (χ1) is 15.0. The molecule has 1 amide bonds. The standard InChI is InChI=1S/C24H25ClN4O2/c1-17(28(2)14-12-20-6-3-4-13-26-20)24(30)29-22(23-7-5-15-31-23)16-21(27-29)18-8-10-19(25)11-9-18/h3-11,13,15,17,22H,12,14,16H2,1-2H3. The summed E-state index contributed by atoms with van der Waals surface area (Å²) in [6.07, 6.45) is 4.77. The van der Waals surface area contributed by atoms with Gasteiger partial charge in [0.05, 0.1) is 18.0 Å². The molecule has 160 valence electrons. The number of rotatable bonds is 7. The van der Waals surface area contributed by atoms with Crippen molar-refractivity contribution in [3.05, 3.63) is 89.1 Å². The van der Waals surface area contributed by atoms with Crippen LogP contribution >= 0.6 is 11.6 Å². The van der Waals surface area contributed by atoms with Crippen LogP contribution in [-0.4, -0.2) is 46.1 Å². The first-order valence-electron chi connectivity index (χ1n) is 10.3. The smallest absolute Gasteiger partial charge is 0.260 e. The summed E-state index contributed by atoms with van der Waals surface area (Å²) in [4.78, 5) is 19.8. The van der Waals surface area contributed by atoms with Crippen LogP contribution in [0.1, 0.15) is 36.4 Å². The Kier molecular flexibility index (Phi) is 6.49. The fourth-order valence-corrected chi connectivity index (χ4v) is 3.77. The average Bonchev–Trinajstić information content (AvgIpc) is 3.47. The Labute approximate surface area is 187 Å². The van der Waals surface area contributed by atoms with Gasteiger partial charge in [-0.2, -0.15) is 5.10 Å². The Morgan fingerprint density at radius 1 is 1.23 bits per heavy atom. The van der Waals surface area contributed by atoms with Crippen LogP contribution in [0.4, 0.5) is 0 Å². The van der Waals surface area contributed by atoms with Crippen molar-refractivity contribution in [2.24, 2.45) is 5.10 Å². The van der Waals surface area contributed by atoms with Crippen LogP contribution in [-0.2, 0) is 11.2 Å². The normalized spacial score (nSPS) is 17.1. The van der Waals surface area contributed by atoms with Crippen molar-refractivity contribution >= 4 is 23.2 Å². The van der Waals surface area contributed by atoms with Crippen LogP contribution in [0.5, 0.6) is 0 Å². The van der Waals surface area contributed by atoms with E-state index in [1.165, 1.54) is 0 Å². The Bertz CT molecular complexity index is 1040. The van der Waals surface area contributed by atoms with Crippen molar-refractivity contribution in [2.45, 2.75) is 31.8 Å². The van der Waals surface area contributed by atoms with Crippen LogP contribution in [0.3, 0.4) is 0 Å². The van der Waals surface area contributed by atoms with Gasteiger partial charge in [-0.15, -0.1) is 0 Å². The van der Waals surface area contributed by atoms with Crippen LogP contribution in [0.2, 0.25) is 5.02 Å². The summed E-state index contributed by atoms with van der Waals surface area (Å²) in [7, 11) is 1.95. The highest BCUT2D eigenvalue weighted by Crippen LogP contribution is 2.34. The minimum Gasteiger partial charge on any atom is -0.467 e. The van der Waals surface area contributed by atoms with E-state index in [1.807, 2.05) is 73.5 Å². The number of halogens is 1. The van der Waals surface area contributed by atoms with Gasteiger partial charge < -0.3 is 4.42 Å². The number of benzene rings is 1. The van der Waals surface area contributed by atoms with Gasteiger partial charge in [0.2, 0.25) is 0 Å². The van der Waals surface area contributed by atoms with Gasteiger partial charge in [0.15, 0.2) is 0 Å². The molecular weight excluding hydrogens is 412 g/mol. The number of hydrogen-bond acceptors (Lipinski definition) is 5. The molecule has 1 aromatic carbocycles. The molecule has 1 aliphatic heterocycles. The molecule has 7 heteroatoms. The summed E-state index contributed by atoms with van der Waals surface area (Å²) in [5.41, 5.74) is 2.80. The van der Waals surface area contributed by atoms with Crippen LogP contribution in [0, 0.1) is 0 Å². The van der Waals surface area contributed by atoms with E-state index in [0.717, 1.165) is 35.7 Å². The van der Waals surface area contributed by atoms with E-state index in [4.69, 9.17) is 21.1 Å². The van der Waals surface area contributed by atoms with Gasteiger partial charge >= 0.3 is 0 Å². The van der Waals surface area contributed by atoms with Crippen molar-refractivity contribution in [3.8, 4) is 0 Å². The number of hydrogen-bond donors (Lipinski definition) is 0. The molecule has 0 saturated heterocycles. The zero-order valence-corrected chi connectivity index (χ0v) is 18.4. The first kappa shape index (κ1) is 21.3. The highest BCUT2D eigenvalue weighted by Gasteiger charge is 2.37. The zero-order valence-electron chi connectivity index (χ0n) is 17.6. The van der Waals surface area contributed by atoms with Crippen LogP contribution < -0.4 is 0 Å². The summed E-state index contributed by atoms with van der Waals surface area (Å²) >= 11 is 6.03. The monoisotopic (exact) mass is 436 g/mol. The molecule has 1 aliphatic rings. The summed E-state index contributed by atoms with van der Waals surface area (Å²) in [6.45, 7) is 2.63. The maximum absolute atomic E-state index is 13.4. The molecule has 3 heterocycles. The number of carbonyl (C=O) groups excluding carboxylic acids is 1. The Morgan fingerprint density at radius 3 is 2.71 bits per heavy atom. The summed E-state index contributed by atoms with van der Waals surface area (Å²) in [5.74, 6) is 0.665. The molecule has 0 bridgehead atoms. The SMILES string of the molecule is CC(C(=O)N1N=C(c2ccc(Cl)cc2)CC1c1ccco1)N(C)CCc1ccccn1. The molecule has 0 spiro atoms. The lowest BCUT2D eigenvalue weighted by molar-refractivity contribution is -0.138. The zero-order chi connectivity index (χ0) is 21.8. The van der Waals surface area contributed by atoms with E-state index in [2.05, 4.69) is 4.98 Å². The highest BCUT2D eigenvalue weighted by molar-refractivity contribution is 6.30. The van der Waals surface area contributed by atoms with Crippen molar-refractivity contribution < 1.29 is 9.21 Å². The third-order valence-electron chi connectivity index (χ3n) is 5.65. The molecule has 2 atom stereocenters. The number of hydrazone groups is 1. The quantitative estimate of drug-likeness (QED) is 0.544. The third-order valence-corrected chi connectivity index (χ3v) is 5.90. The highest BCUT2D eigenvalue weighted by atomic mass is 35.5. The molecular formula is C24H25ClN4O2. The second-order valence-electron chi connectivity index (χ2n) is 7.70. The van der Waals surface area contributed by atoms with Gasteiger partial charge in [-0.1, -0.05) is 29.8 Å². The fraction of sp³-hybridized carbons (Fsp3) is 0.292. The van der Waals surface area contributed by atoms with Crippen molar-refractivity contribution in [1.29, 1.82) is 0 Å². The molecule has 6 nitrogen and oxygen atoms in total. The van der Waals surface area contributed by atoms with Gasteiger partial charge in [-0.3, -0.25) is 14.7 Å². The van der Waals surface area contributed by atoms with Crippen molar-refractivity contribution in [1.82, 2.24) is 14.9 Å². The largest absolute Gasteiger partial charge is 0.467 e. The van der Waals surface area contributed by atoms with Gasteiger partial charge in [-0.05, 0) is 55.9 Å². The van der Waals surface area contributed by atoms with E-state index >= 15 is 0 Å². The molecule has 3 aromatic rings. The lowest BCUT2D eigenvalue weighted by atomic mass is 10.0. The minimum atomic E-state index is -0.338. The predicted molar refractivity (Wildman–Crippen MR) is 121 cm³/mol. The number of carbonyl (C=O) groups is 1. The lowest BCUT2D eigenvalue weighted by Crippen LogP contribution is -2.44. The molecule has 2 aromatic heterocycles. The lowest BCUT2D eigenvalue weighted by Gasteiger charge is -2.28. The van der Waals surface area contributed by atoms with Crippen molar-refractivity contribution in [2.75, 3.05) is 13.6 Å². The van der Waals surface area contributed by atoms with E-state index in [9.17, 15) is 4.79 Å². The Balaban J connectivity index is 1.51. The number of amides is 1. The van der Waals surface area contributed by atoms with E-state index < -0.39 is 0 Å². The van der Waals surface area contributed by atoms with Gasteiger partial charge in [0, 0.05) is 36.3 Å². The average molecular weight is 437 g/mol. The number of aromatic nitrogens is 1. The predicted octanol–water partition coefficient (Wildman–Crippen LogP) is 4.57. The number of nitrogens with zero attached hydrogens (tertiary/aromatic N) is 4. The summed E-state index contributed by atoms with van der Waals surface area (Å²) in [5, 5.41) is 6.95. The maximum Gasteiger partial charge on any atom is 0.260 e. The Hall–Kier alpha value is -2.96. The molecule has 0 saturated carbocycles. The number of pyridine rings is 1. The second-order valence-corrected chi connectivity index (χ2v) is 8.14. The van der Waals surface area contributed by atoms with E-state index in [-0.39, 0.29) is 18.0 Å². The van der Waals surface area contributed by atoms with Gasteiger partial charge in [0.25, 0.3) is 5.91 Å².